The topological polar surface area (TPSA) is 127 Å². The maximum Gasteiger partial charge on any atom is 0.220 e. The summed E-state index contributed by atoms with van der Waals surface area (Å²) in [5.41, 5.74) is 0. The van der Waals surface area contributed by atoms with E-state index >= 15 is 0 Å². The number of rotatable bonds is 8. The molecule has 0 rings (SSSR count). The first-order valence-corrected chi connectivity index (χ1v) is 10.0. The number of amides is 2. The summed E-state index contributed by atoms with van der Waals surface area (Å²) in [4.78, 5) is 44.6. The highest BCUT2D eigenvalue weighted by atomic mass is 32.2. The Morgan fingerprint density at radius 3 is 1.07 bits per heavy atom. The lowest BCUT2D eigenvalue weighted by Crippen LogP contribution is -2.38. The van der Waals surface area contributed by atoms with E-state index in [1.165, 1.54) is 51.7 Å². The van der Waals surface area contributed by atoms with Crippen LogP contribution in [0.2, 0.25) is 0 Å². The first-order chi connectivity index (χ1) is 12.3. The van der Waals surface area contributed by atoms with Gasteiger partial charge in [-0.15, -0.1) is 0 Å². The van der Waals surface area contributed by atoms with Crippen LogP contribution in [-0.2, 0) is 49.7 Å². The van der Waals surface area contributed by atoms with E-state index in [9.17, 15) is 27.6 Å². The molecule has 0 saturated carbocycles. The van der Waals surface area contributed by atoms with Gasteiger partial charge in [0.25, 0.3) is 0 Å². The summed E-state index contributed by atoms with van der Waals surface area (Å²) in [6, 6.07) is 0. The van der Waals surface area contributed by atoms with E-state index in [0.717, 1.165) is 0 Å². The van der Waals surface area contributed by atoms with Crippen molar-refractivity contribution in [2.75, 3.05) is 46.5 Å². The minimum atomic E-state index is -1.41. The van der Waals surface area contributed by atoms with E-state index in [1.54, 1.807) is 14.1 Å². The Kier molecular flexibility index (Phi) is 20.0. The van der Waals surface area contributed by atoms with Crippen molar-refractivity contribution in [2.45, 2.75) is 27.7 Å². The number of hydrogen-bond acceptors (Lipinski definition) is 8. The molecule has 0 N–H and O–H groups in total. The van der Waals surface area contributed by atoms with Gasteiger partial charge in [-0.05, 0) is 13.8 Å². The maximum absolute atomic E-state index is 10.7. The van der Waals surface area contributed by atoms with Crippen LogP contribution in [0.5, 0.6) is 0 Å². The summed E-state index contributed by atoms with van der Waals surface area (Å²) in [5.74, 6) is -0.334. The highest BCUT2D eigenvalue weighted by Gasteiger charge is 2.07. The van der Waals surface area contributed by atoms with Crippen LogP contribution in [0.3, 0.4) is 0 Å². The third kappa shape index (κ3) is 24.5. The fourth-order valence-corrected chi connectivity index (χ4v) is 1.87. The van der Waals surface area contributed by atoms with Crippen LogP contribution in [0.4, 0.5) is 0 Å². The lowest BCUT2D eigenvalue weighted by molar-refractivity contribution is -0.134. The van der Waals surface area contributed by atoms with Gasteiger partial charge in [-0.2, -0.15) is 0 Å². The van der Waals surface area contributed by atoms with E-state index in [-0.39, 0.29) is 34.9 Å². The summed E-state index contributed by atoms with van der Waals surface area (Å²) in [5, 5.41) is 0. The number of Topliss-reactive ketones (excluding diaryl/α,β-unsaturated/α-hetero) is 2. The quantitative estimate of drug-likeness (QED) is 0.479. The molecule has 0 fully saturated rings. The van der Waals surface area contributed by atoms with Crippen LogP contribution >= 0.6 is 0 Å². The molecule has 0 saturated heterocycles. The Balaban J connectivity index is -0.000000327. The molecule has 0 aromatic carbocycles. The average molecular weight is 431 g/mol. The van der Waals surface area contributed by atoms with Gasteiger partial charge in [0, 0.05) is 27.9 Å². The number of carbonyl (C=O) groups is 4. The van der Waals surface area contributed by atoms with Gasteiger partial charge >= 0.3 is 0 Å². The van der Waals surface area contributed by atoms with E-state index in [0.29, 0.717) is 6.67 Å². The monoisotopic (exact) mass is 430 g/mol. The van der Waals surface area contributed by atoms with Crippen molar-refractivity contribution in [3.63, 3.8) is 0 Å². The number of hydrogen-bond donors (Lipinski definition) is 0. The van der Waals surface area contributed by atoms with Gasteiger partial charge in [0.1, 0.15) is 23.1 Å². The molecule has 0 spiro atoms. The van der Waals surface area contributed by atoms with Crippen LogP contribution in [0.1, 0.15) is 27.7 Å². The van der Waals surface area contributed by atoms with Gasteiger partial charge in [0.2, 0.25) is 11.8 Å². The van der Waals surface area contributed by atoms with Crippen LogP contribution < -0.4 is 0 Å². The van der Waals surface area contributed by atoms with Crippen molar-refractivity contribution < 1.29 is 36.0 Å². The van der Waals surface area contributed by atoms with Gasteiger partial charge in [-0.3, -0.25) is 27.5 Å². The van der Waals surface area contributed by atoms with Gasteiger partial charge in [0.15, 0.2) is 22.2 Å². The number of nitrogens with zero attached hydrogens (tertiary/aromatic N) is 2. The zero-order valence-electron chi connectivity index (χ0n) is 17.1. The Bertz CT molecular complexity index is 494. The summed E-state index contributed by atoms with van der Waals surface area (Å²) < 4.78 is 29.2. The third-order valence-electron chi connectivity index (χ3n) is 2.51. The van der Waals surface area contributed by atoms with Crippen molar-refractivity contribution in [3.05, 3.63) is 0 Å². The van der Waals surface area contributed by atoms with Gasteiger partial charge in [0.05, 0.1) is 20.9 Å². The second-order valence-electron chi connectivity index (χ2n) is 5.21. The first kappa shape index (κ1) is 30.2. The largest absolute Gasteiger partial charge is 0.328 e. The fourth-order valence-electron chi connectivity index (χ4n) is 0.967. The second kappa shape index (κ2) is 17.9. The molecule has 0 aliphatic rings. The van der Waals surface area contributed by atoms with Gasteiger partial charge in [-0.25, -0.2) is 8.42 Å². The molecule has 0 aliphatic heterocycles. The third-order valence-corrected chi connectivity index (χ3v) is 4.54. The minimum Gasteiger partial charge on any atom is -0.328 e. The zero-order chi connectivity index (χ0) is 22.2. The fraction of sp³-hybridized carbons (Fsp3) is 0.733. The molecule has 0 heterocycles. The van der Waals surface area contributed by atoms with Crippen LogP contribution in [0.15, 0.2) is 0 Å². The maximum atomic E-state index is 10.7. The Labute approximate surface area is 165 Å². The molecule has 12 heteroatoms. The van der Waals surface area contributed by atoms with E-state index in [4.69, 9.17) is 0 Å². The van der Waals surface area contributed by atoms with Crippen LogP contribution in [0, 0.1) is 0 Å². The molecule has 0 aliphatic carbocycles. The van der Waals surface area contributed by atoms with Gasteiger partial charge in [-0.1, -0.05) is 0 Å². The molecule has 2 atom stereocenters. The molecule has 2 amide bonds. The van der Waals surface area contributed by atoms with E-state index in [2.05, 4.69) is 8.37 Å². The molecule has 2 unspecified atom stereocenters. The number of carbonyl (C=O) groups excluding carboxylic acids is 4. The molecule has 0 aromatic rings. The zero-order valence-corrected chi connectivity index (χ0v) is 18.7. The highest BCUT2D eigenvalue weighted by Crippen LogP contribution is 1.88. The van der Waals surface area contributed by atoms with Crippen molar-refractivity contribution in [2.24, 2.45) is 0 Å². The molecule has 160 valence electrons. The Hall–Kier alpha value is -1.50. The van der Waals surface area contributed by atoms with Crippen LogP contribution in [0.25, 0.3) is 0 Å². The Morgan fingerprint density at radius 1 is 0.704 bits per heavy atom. The molecule has 27 heavy (non-hydrogen) atoms. The van der Waals surface area contributed by atoms with Crippen LogP contribution in [-0.4, -0.2) is 88.1 Å². The molecule has 10 nitrogen and oxygen atoms in total. The SMILES string of the molecule is CC(=O)N(C)CN(C)C(C)=O.COS(=O)CC(C)=O.COS(=O)CC(C)=O. The predicted octanol–water partition coefficient (Wildman–Crippen LogP) is -0.328. The predicted molar refractivity (Wildman–Crippen MR) is 103 cm³/mol. The molecule has 0 radical (unpaired) electrons. The summed E-state index contributed by atoms with van der Waals surface area (Å²) >= 11 is -2.81. The van der Waals surface area contributed by atoms with Crippen molar-refractivity contribution in [3.8, 4) is 0 Å². The Morgan fingerprint density at radius 2 is 0.963 bits per heavy atom. The highest BCUT2D eigenvalue weighted by molar-refractivity contribution is 7.81. The molecular weight excluding hydrogens is 400 g/mol. The standard InChI is InChI=1S/C7H14N2O2.2C4H8O3S/c1-6(10)8(3)5-9(4)7(2)11;2*1-4(5)3-8(6)7-2/h5H2,1-4H3;2*3H2,1-2H3. The lowest BCUT2D eigenvalue weighted by Gasteiger charge is -2.22. The first-order valence-electron chi connectivity index (χ1n) is 7.56. The average Bonchev–Trinajstić information content (AvgIpc) is 2.54. The van der Waals surface area contributed by atoms with E-state index in [1.807, 2.05) is 0 Å². The van der Waals surface area contributed by atoms with Gasteiger partial charge < -0.3 is 9.80 Å². The number of ketones is 2. The minimum absolute atomic E-state index is 0.00347. The summed E-state index contributed by atoms with van der Waals surface area (Å²) in [6.07, 6.45) is 0. The molecular formula is C15H30N2O8S2. The molecule has 0 bridgehead atoms. The summed E-state index contributed by atoms with van der Waals surface area (Å²) in [7, 11) is 5.92. The normalized spacial score (nSPS) is 11.6. The second-order valence-corrected chi connectivity index (χ2v) is 7.67. The lowest BCUT2D eigenvalue weighted by atomic mass is 10.5. The smallest absolute Gasteiger partial charge is 0.220 e. The van der Waals surface area contributed by atoms with E-state index < -0.39 is 22.2 Å². The van der Waals surface area contributed by atoms with Crippen molar-refractivity contribution in [1.29, 1.82) is 0 Å². The van der Waals surface area contributed by atoms with Crippen molar-refractivity contribution in [1.82, 2.24) is 9.80 Å². The summed E-state index contributed by atoms with van der Waals surface area (Å²) in [6.45, 7) is 6.03. The molecule has 0 aromatic heterocycles. The van der Waals surface area contributed by atoms with Crippen molar-refractivity contribution >= 4 is 45.5 Å².